The van der Waals surface area contributed by atoms with Gasteiger partial charge in [-0.2, -0.15) is 29.6 Å². The molecule has 2 amide bonds. The number of hydrogen-bond donors (Lipinski definition) is 2. The second kappa shape index (κ2) is 10.3. The zero-order valence-electron chi connectivity index (χ0n) is 17.3. The van der Waals surface area contributed by atoms with Gasteiger partial charge in [-0.25, -0.2) is 9.48 Å². The number of nitrogens with zero attached hydrogens (tertiary/aromatic N) is 2. The Morgan fingerprint density at radius 2 is 1.88 bits per heavy atom. The largest absolute Gasteiger partial charge is 0.462 e. The van der Waals surface area contributed by atoms with Crippen molar-refractivity contribution < 1.29 is 32.3 Å². The van der Waals surface area contributed by atoms with Gasteiger partial charge in [0.1, 0.15) is 5.56 Å². The van der Waals surface area contributed by atoms with E-state index in [-0.39, 0.29) is 37.1 Å². The first kappa shape index (κ1) is 24.0. The van der Waals surface area contributed by atoms with E-state index >= 15 is 0 Å². The minimum Gasteiger partial charge on any atom is -0.462 e. The number of amides is 2. The van der Waals surface area contributed by atoms with E-state index in [0.717, 1.165) is 6.20 Å². The Morgan fingerprint density at radius 1 is 1.15 bits per heavy atom. The van der Waals surface area contributed by atoms with Gasteiger partial charge in [-0.1, -0.05) is 0 Å². The van der Waals surface area contributed by atoms with E-state index in [2.05, 4.69) is 20.5 Å². The van der Waals surface area contributed by atoms with Crippen LogP contribution in [0.3, 0.4) is 0 Å². The molecule has 0 atom stereocenters. The average molecular weight is 480 g/mol. The summed E-state index contributed by atoms with van der Waals surface area (Å²) in [5.74, 6) is -1.78. The highest BCUT2D eigenvalue weighted by atomic mass is 32.1. The molecule has 0 saturated heterocycles. The predicted octanol–water partition coefficient (Wildman–Crippen LogP) is 3.89. The summed E-state index contributed by atoms with van der Waals surface area (Å²) < 4.78 is 46.0. The van der Waals surface area contributed by atoms with Gasteiger partial charge in [0.25, 0.3) is 5.91 Å². The number of carbonyl (C=O) groups is 3. The summed E-state index contributed by atoms with van der Waals surface area (Å²) in [5.41, 5.74) is -1.04. The summed E-state index contributed by atoms with van der Waals surface area (Å²) in [6.45, 7) is 1.53. The second-order valence-electron chi connectivity index (χ2n) is 6.65. The number of nitrogens with one attached hydrogen (secondary N) is 2. The SMILES string of the molecule is CCOC(=O)c1cnn(-c2ccc(NC(=O)CCNC(=O)c3ccsc3)cc2)c1C(F)(F)F. The fourth-order valence-electron chi connectivity index (χ4n) is 2.87. The van der Waals surface area contributed by atoms with Crippen LogP contribution >= 0.6 is 11.3 Å². The predicted molar refractivity (Wildman–Crippen MR) is 114 cm³/mol. The van der Waals surface area contributed by atoms with Crippen LogP contribution in [0, 0.1) is 0 Å². The first-order valence-corrected chi connectivity index (χ1v) is 10.7. The molecule has 1 aromatic carbocycles. The Hall–Kier alpha value is -3.67. The molecule has 33 heavy (non-hydrogen) atoms. The first-order chi connectivity index (χ1) is 15.7. The van der Waals surface area contributed by atoms with Crippen LogP contribution in [0.15, 0.2) is 47.3 Å². The van der Waals surface area contributed by atoms with Gasteiger partial charge >= 0.3 is 12.1 Å². The number of hydrogen-bond acceptors (Lipinski definition) is 6. The molecule has 0 unspecified atom stereocenters. The maximum absolute atomic E-state index is 13.6. The molecule has 0 spiro atoms. The highest BCUT2D eigenvalue weighted by Gasteiger charge is 2.41. The van der Waals surface area contributed by atoms with Crippen LogP contribution in [0.25, 0.3) is 5.69 Å². The van der Waals surface area contributed by atoms with Crippen LogP contribution in [0.1, 0.15) is 39.8 Å². The van der Waals surface area contributed by atoms with Crippen LogP contribution in [0.5, 0.6) is 0 Å². The van der Waals surface area contributed by atoms with E-state index in [9.17, 15) is 27.6 Å². The number of thiophene rings is 1. The monoisotopic (exact) mass is 480 g/mol. The third kappa shape index (κ3) is 5.98. The zero-order valence-corrected chi connectivity index (χ0v) is 18.1. The maximum atomic E-state index is 13.6. The first-order valence-electron chi connectivity index (χ1n) is 9.73. The average Bonchev–Trinajstić information content (AvgIpc) is 3.44. The summed E-state index contributed by atoms with van der Waals surface area (Å²) >= 11 is 1.38. The Labute approximate surface area is 190 Å². The molecule has 0 aliphatic heterocycles. The molecule has 0 aliphatic rings. The van der Waals surface area contributed by atoms with E-state index in [0.29, 0.717) is 15.9 Å². The van der Waals surface area contributed by atoms with Gasteiger partial charge in [0.2, 0.25) is 5.91 Å². The lowest BCUT2D eigenvalue weighted by Gasteiger charge is -2.13. The number of ether oxygens (including phenoxy) is 1. The lowest BCUT2D eigenvalue weighted by molar-refractivity contribution is -0.143. The molecule has 2 N–H and O–H groups in total. The fraction of sp³-hybridized carbons (Fsp3) is 0.238. The summed E-state index contributed by atoms with van der Waals surface area (Å²) in [7, 11) is 0. The second-order valence-corrected chi connectivity index (χ2v) is 7.43. The third-order valence-corrected chi connectivity index (χ3v) is 5.03. The number of anilines is 1. The van der Waals surface area contributed by atoms with Gasteiger partial charge in [-0.15, -0.1) is 0 Å². The Bertz CT molecular complexity index is 1130. The van der Waals surface area contributed by atoms with Gasteiger partial charge in [-0.3, -0.25) is 9.59 Å². The lowest BCUT2D eigenvalue weighted by Crippen LogP contribution is -2.27. The van der Waals surface area contributed by atoms with E-state index in [1.54, 1.807) is 16.8 Å². The van der Waals surface area contributed by atoms with Crippen LogP contribution in [0.2, 0.25) is 0 Å². The summed E-state index contributed by atoms with van der Waals surface area (Å²) in [4.78, 5) is 35.8. The van der Waals surface area contributed by atoms with Crippen molar-refractivity contribution in [1.29, 1.82) is 0 Å². The van der Waals surface area contributed by atoms with Crippen molar-refractivity contribution in [2.45, 2.75) is 19.5 Å². The van der Waals surface area contributed by atoms with E-state index < -0.39 is 23.4 Å². The van der Waals surface area contributed by atoms with Crippen LogP contribution in [-0.2, 0) is 15.7 Å². The zero-order chi connectivity index (χ0) is 24.0. The van der Waals surface area contributed by atoms with Crippen molar-refractivity contribution in [3.05, 3.63) is 64.1 Å². The molecule has 3 aromatic rings. The number of esters is 1. The van der Waals surface area contributed by atoms with Gasteiger partial charge in [0, 0.05) is 29.6 Å². The highest BCUT2D eigenvalue weighted by molar-refractivity contribution is 7.08. The molecule has 2 heterocycles. The van der Waals surface area contributed by atoms with E-state index in [1.165, 1.54) is 42.5 Å². The topological polar surface area (TPSA) is 102 Å². The molecule has 174 valence electrons. The normalized spacial score (nSPS) is 11.2. The van der Waals surface area contributed by atoms with Crippen molar-refractivity contribution >= 4 is 34.8 Å². The number of halogens is 3. The number of benzene rings is 1. The van der Waals surface area contributed by atoms with E-state index in [4.69, 9.17) is 0 Å². The van der Waals surface area contributed by atoms with Gasteiger partial charge < -0.3 is 15.4 Å². The minimum atomic E-state index is -4.85. The lowest BCUT2D eigenvalue weighted by atomic mass is 10.2. The number of rotatable bonds is 8. The Morgan fingerprint density at radius 3 is 2.48 bits per heavy atom. The molecule has 0 fully saturated rings. The molecule has 8 nitrogen and oxygen atoms in total. The number of carbonyl (C=O) groups excluding carboxylic acids is 3. The number of aromatic nitrogens is 2. The summed E-state index contributed by atoms with van der Waals surface area (Å²) in [6.07, 6.45) is -4.03. The maximum Gasteiger partial charge on any atom is 0.434 e. The summed E-state index contributed by atoms with van der Waals surface area (Å²) in [5, 5.41) is 12.4. The van der Waals surface area contributed by atoms with Crippen molar-refractivity contribution in [2.24, 2.45) is 0 Å². The van der Waals surface area contributed by atoms with Crippen molar-refractivity contribution in [1.82, 2.24) is 15.1 Å². The number of alkyl halides is 3. The van der Waals surface area contributed by atoms with Crippen LogP contribution in [-0.4, -0.2) is 40.7 Å². The van der Waals surface area contributed by atoms with Crippen molar-refractivity contribution in [3.8, 4) is 5.69 Å². The fourth-order valence-corrected chi connectivity index (χ4v) is 3.51. The van der Waals surface area contributed by atoms with Crippen molar-refractivity contribution in [2.75, 3.05) is 18.5 Å². The molecule has 0 radical (unpaired) electrons. The molecular weight excluding hydrogens is 461 g/mol. The summed E-state index contributed by atoms with van der Waals surface area (Å²) in [6, 6.07) is 7.13. The molecular formula is C21H19F3N4O4S. The molecule has 0 bridgehead atoms. The standard InChI is InChI=1S/C21H19F3N4O4S/c1-2-32-20(31)16-11-26-28(18(16)21(22,23)24)15-5-3-14(4-6-15)27-17(29)7-9-25-19(30)13-8-10-33-12-13/h3-6,8,10-12H,2,7,9H2,1H3,(H,25,30)(H,27,29). The van der Waals surface area contributed by atoms with Crippen LogP contribution < -0.4 is 10.6 Å². The van der Waals surface area contributed by atoms with E-state index in [1.807, 2.05) is 0 Å². The van der Waals surface area contributed by atoms with Crippen LogP contribution in [0.4, 0.5) is 18.9 Å². The quantitative estimate of drug-likeness (QED) is 0.477. The molecule has 0 saturated carbocycles. The Kier molecular flexibility index (Phi) is 7.48. The molecule has 12 heteroatoms. The van der Waals surface area contributed by atoms with Gasteiger partial charge in [-0.05, 0) is 42.6 Å². The molecule has 2 aromatic heterocycles. The highest BCUT2D eigenvalue weighted by Crippen LogP contribution is 2.34. The smallest absolute Gasteiger partial charge is 0.434 e. The van der Waals surface area contributed by atoms with Gasteiger partial charge in [0.05, 0.1) is 18.5 Å². The minimum absolute atomic E-state index is 0.0118. The van der Waals surface area contributed by atoms with Gasteiger partial charge in [0.15, 0.2) is 5.69 Å². The van der Waals surface area contributed by atoms with Crippen molar-refractivity contribution in [3.63, 3.8) is 0 Å². The third-order valence-electron chi connectivity index (χ3n) is 4.35. The molecule has 0 aliphatic carbocycles. The molecule has 3 rings (SSSR count). The Balaban J connectivity index is 1.65.